The predicted molar refractivity (Wildman–Crippen MR) is 129 cm³/mol. The first-order chi connectivity index (χ1) is 16.8. The number of aryl methyl sites for hydroxylation is 2. The quantitative estimate of drug-likeness (QED) is 0.369. The van der Waals surface area contributed by atoms with Crippen LogP contribution in [0.2, 0.25) is 0 Å². The van der Waals surface area contributed by atoms with Gasteiger partial charge in [-0.1, -0.05) is 19.1 Å². The molecule has 2 amide bonds. The monoisotopic (exact) mass is 479 g/mol. The molecule has 11 nitrogen and oxygen atoms in total. The Bertz CT molecular complexity index is 1330. The van der Waals surface area contributed by atoms with Gasteiger partial charge in [0.25, 0.3) is 11.6 Å². The van der Waals surface area contributed by atoms with Crippen LogP contribution in [0, 0.1) is 17.0 Å². The molecular formula is C24H25N5O6. The molecule has 1 aliphatic rings. The number of carbonyl (C=O) groups is 2. The fourth-order valence-electron chi connectivity index (χ4n) is 4.13. The van der Waals surface area contributed by atoms with Crippen LogP contribution in [0.1, 0.15) is 30.6 Å². The van der Waals surface area contributed by atoms with E-state index >= 15 is 0 Å². The number of nitro benzene ring substituents is 1. The SMILES string of the molecule is CCc1nn2c(c1-c1ccc(OC)c(OC)c1)NC(=O)C2CC(=O)Nc1ccc(C)c([N+](=O)[O-])c1. The lowest BCUT2D eigenvalue weighted by Crippen LogP contribution is -2.24. The van der Waals surface area contributed by atoms with Crippen molar-refractivity contribution in [2.75, 3.05) is 24.9 Å². The Morgan fingerprint density at radius 3 is 2.60 bits per heavy atom. The van der Waals surface area contributed by atoms with Gasteiger partial charge in [0.2, 0.25) is 5.91 Å². The number of rotatable bonds is 8. The highest BCUT2D eigenvalue weighted by atomic mass is 16.6. The fourth-order valence-corrected chi connectivity index (χ4v) is 4.13. The third kappa shape index (κ3) is 4.39. The van der Waals surface area contributed by atoms with E-state index in [9.17, 15) is 19.7 Å². The molecule has 3 aromatic rings. The highest BCUT2D eigenvalue weighted by Crippen LogP contribution is 2.41. The number of hydrogen-bond donors (Lipinski definition) is 2. The van der Waals surface area contributed by atoms with E-state index in [4.69, 9.17) is 9.47 Å². The topological polar surface area (TPSA) is 138 Å². The molecule has 0 aliphatic carbocycles. The molecule has 4 rings (SSSR count). The summed E-state index contributed by atoms with van der Waals surface area (Å²) in [6.07, 6.45) is 0.419. The summed E-state index contributed by atoms with van der Waals surface area (Å²) in [7, 11) is 3.10. The number of amides is 2. The second kappa shape index (κ2) is 9.45. The van der Waals surface area contributed by atoms with Crippen LogP contribution in [0.3, 0.4) is 0 Å². The number of ether oxygens (including phenoxy) is 2. The van der Waals surface area contributed by atoms with Crippen molar-refractivity contribution < 1.29 is 24.0 Å². The van der Waals surface area contributed by atoms with Gasteiger partial charge in [-0.15, -0.1) is 0 Å². The molecule has 2 N–H and O–H groups in total. The lowest BCUT2D eigenvalue weighted by molar-refractivity contribution is -0.385. The molecule has 182 valence electrons. The lowest BCUT2D eigenvalue weighted by Gasteiger charge is -2.11. The number of nitro groups is 1. The molecule has 1 aromatic heterocycles. The van der Waals surface area contributed by atoms with E-state index in [1.165, 1.54) is 10.7 Å². The summed E-state index contributed by atoms with van der Waals surface area (Å²) in [5, 5.41) is 21.3. The number of nitrogens with one attached hydrogen (secondary N) is 2. The fraction of sp³-hybridized carbons (Fsp3) is 0.292. The van der Waals surface area contributed by atoms with Crippen LogP contribution >= 0.6 is 0 Å². The maximum Gasteiger partial charge on any atom is 0.274 e. The Hall–Kier alpha value is -4.41. The van der Waals surface area contributed by atoms with E-state index in [1.807, 2.05) is 19.1 Å². The molecule has 2 heterocycles. The Labute approximate surface area is 201 Å². The van der Waals surface area contributed by atoms with E-state index in [0.29, 0.717) is 29.3 Å². The minimum atomic E-state index is -0.857. The highest BCUT2D eigenvalue weighted by molar-refractivity contribution is 6.04. The van der Waals surface area contributed by atoms with Gasteiger partial charge in [-0.3, -0.25) is 19.7 Å². The number of anilines is 2. The highest BCUT2D eigenvalue weighted by Gasteiger charge is 2.37. The van der Waals surface area contributed by atoms with Gasteiger partial charge in [0.15, 0.2) is 11.5 Å². The molecule has 0 saturated heterocycles. The van der Waals surface area contributed by atoms with Crippen LogP contribution in [0.15, 0.2) is 36.4 Å². The van der Waals surface area contributed by atoms with Crippen molar-refractivity contribution in [3.8, 4) is 22.6 Å². The van der Waals surface area contributed by atoms with Crippen LogP contribution in [0.4, 0.5) is 17.2 Å². The largest absolute Gasteiger partial charge is 0.493 e. The van der Waals surface area contributed by atoms with Crippen LogP contribution in [0.25, 0.3) is 11.1 Å². The summed E-state index contributed by atoms with van der Waals surface area (Å²) in [5.41, 5.74) is 2.97. The molecule has 0 bridgehead atoms. The van der Waals surface area contributed by atoms with Gasteiger partial charge in [0, 0.05) is 22.9 Å². The molecule has 0 saturated carbocycles. The predicted octanol–water partition coefficient (Wildman–Crippen LogP) is 3.87. The minimum Gasteiger partial charge on any atom is -0.493 e. The molecule has 11 heteroatoms. The van der Waals surface area contributed by atoms with Gasteiger partial charge in [0.05, 0.1) is 31.3 Å². The van der Waals surface area contributed by atoms with Crippen molar-refractivity contribution in [2.24, 2.45) is 0 Å². The first-order valence-electron chi connectivity index (χ1n) is 11.0. The summed E-state index contributed by atoms with van der Waals surface area (Å²) in [6.45, 7) is 3.57. The number of fused-ring (bicyclic) bond motifs is 1. The zero-order valence-electron chi connectivity index (χ0n) is 19.7. The zero-order chi connectivity index (χ0) is 25.3. The van der Waals surface area contributed by atoms with E-state index in [2.05, 4.69) is 15.7 Å². The van der Waals surface area contributed by atoms with Crippen LogP contribution < -0.4 is 20.1 Å². The number of aromatic nitrogens is 2. The Balaban J connectivity index is 1.62. The van der Waals surface area contributed by atoms with Gasteiger partial charge in [-0.2, -0.15) is 5.10 Å². The molecular weight excluding hydrogens is 454 g/mol. The van der Waals surface area contributed by atoms with Crippen LogP contribution in [0.5, 0.6) is 11.5 Å². The van der Waals surface area contributed by atoms with E-state index in [-0.39, 0.29) is 23.7 Å². The number of carbonyl (C=O) groups excluding carboxylic acids is 2. The van der Waals surface area contributed by atoms with E-state index in [0.717, 1.165) is 16.8 Å². The van der Waals surface area contributed by atoms with Crippen molar-refractivity contribution in [3.05, 3.63) is 57.8 Å². The summed E-state index contributed by atoms with van der Waals surface area (Å²) in [4.78, 5) is 36.2. The minimum absolute atomic E-state index is 0.0945. The summed E-state index contributed by atoms with van der Waals surface area (Å²) in [5.74, 6) is 0.801. The summed E-state index contributed by atoms with van der Waals surface area (Å²) >= 11 is 0. The molecule has 1 unspecified atom stereocenters. The van der Waals surface area contributed by atoms with Gasteiger partial charge >= 0.3 is 0 Å². The van der Waals surface area contributed by atoms with Crippen molar-refractivity contribution in [1.29, 1.82) is 0 Å². The lowest BCUT2D eigenvalue weighted by atomic mass is 10.0. The maximum absolute atomic E-state index is 12.8. The summed E-state index contributed by atoms with van der Waals surface area (Å²) in [6, 6.07) is 9.03. The molecule has 1 atom stereocenters. The normalized spacial score (nSPS) is 14.3. The average molecular weight is 479 g/mol. The Morgan fingerprint density at radius 2 is 1.94 bits per heavy atom. The van der Waals surface area contributed by atoms with Gasteiger partial charge in [0.1, 0.15) is 11.9 Å². The molecule has 2 aromatic carbocycles. The number of nitrogens with zero attached hydrogens (tertiary/aromatic N) is 3. The molecule has 35 heavy (non-hydrogen) atoms. The van der Waals surface area contributed by atoms with Crippen molar-refractivity contribution in [2.45, 2.75) is 32.7 Å². The molecule has 0 fully saturated rings. The van der Waals surface area contributed by atoms with Crippen LogP contribution in [-0.4, -0.2) is 40.7 Å². The van der Waals surface area contributed by atoms with Crippen molar-refractivity contribution in [3.63, 3.8) is 0 Å². The maximum atomic E-state index is 12.8. The molecule has 0 radical (unpaired) electrons. The standard InChI is InChI=1S/C24H25N5O6/c1-5-16-22(14-7-9-19(34-3)20(10-14)35-4)23-26-24(31)18(28(23)27-16)12-21(30)25-15-8-6-13(2)17(11-15)29(32)33/h6-11,18H,5,12H2,1-4H3,(H,25,30)(H,26,31). The number of benzene rings is 2. The smallest absolute Gasteiger partial charge is 0.274 e. The van der Waals surface area contributed by atoms with Gasteiger partial charge in [-0.05, 0) is 37.1 Å². The van der Waals surface area contributed by atoms with Gasteiger partial charge in [-0.25, -0.2) is 4.68 Å². The molecule has 0 spiro atoms. The first kappa shape index (κ1) is 23.7. The zero-order valence-corrected chi connectivity index (χ0v) is 19.7. The second-order valence-electron chi connectivity index (χ2n) is 8.05. The van der Waals surface area contributed by atoms with Gasteiger partial charge < -0.3 is 20.1 Å². The van der Waals surface area contributed by atoms with Crippen LogP contribution in [-0.2, 0) is 16.0 Å². The third-order valence-corrected chi connectivity index (χ3v) is 5.90. The first-order valence-corrected chi connectivity index (χ1v) is 11.0. The van der Waals surface area contributed by atoms with E-state index < -0.39 is 16.9 Å². The number of methoxy groups -OCH3 is 2. The average Bonchev–Trinajstić information content (AvgIpc) is 3.34. The number of hydrogen-bond acceptors (Lipinski definition) is 7. The second-order valence-corrected chi connectivity index (χ2v) is 8.05. The molecule has 1 aliphatic heterocycles. The van der Waals surface area contributed by atoms with Crippen molar-refractivity contribution in [1.82, 2.24) is 9.78 Å². The Kier molecular flexibility index (Phi) is 6.41. The van der Waals surface area contributed by atoms with E-state index in [1.54, 1.807) is 39.3 Å². The third-order valence-electron chi connectivity index (χ3n) is 5.90. The Morgan fingerprint density at radius 1 is 1.20 bits per heavy atom. The summed E-state index contributed by atoms with van der Waals surface area (Å²) < 4.78 is 12.3. The van der Waals surface area contributed by atoms with Crippen molar-refractivity contribution >= 4 is 29.0 Å².